The highest BCUT2D eigenvalue weighted by molar-refractivity contribution is 6.09. The van der Waals surface area contributed by atoms with Crippen molar-refractivity contribution < 1.29 is 14.0 Å². The Kier molecular flexibility index (Phi) is 4.67. The quantitative estimate of drug-likeness (QED) is 0.716. The summed E-state index contributed by atoms with van der Waals surface area (Å²) in [6.45, 7) is 3.46. The van der Waals surface area contributed by atoms with Crippen LogP contribution in [0.25, 0.3) is 5.69 Å². The molecule has 2 aromatic carbocycles. The molecule has 1 aromatic heterocycles. The average molecular weight is 351 g/mol. The molecule has 0 saturated carbocycles. The number of rotatable bonds is 5. The van der Waals surface area contributed by atoms with Crippen molar-refractivity contribution in [3.63, 3.8) is 0 Å². The molecule has 0 aliphatic rings. The van der Waals surface area contributed by atoms with Gasteiger partial charge in [0.25, 0.3) is 0 Å². The van der Waals surface area contributed by atoms with E-state index in [1.807, 2.05) is 6.92 Å². The second kappa shape index (κ2) is 6.92. The van der Waals surface area contributed by atoms with E-state index in [9.17, 15) is 14.0 Å². The van der Waals surface area contributed by atoms with E-state index in [4.69, 9.17) is 5.73 Å². The van der Waals surface area contributed by atoms with Gasteiger partial charge in [-0.3, -0.25) is 9.59 Å². The smallest absolute Gasteiger partial charge is 0.249 e. The van der Waals surface area contributed by atoms with E-state index in [-0.39, 0.29) is 22.5 Å². The van der Waals surface area contributed by atoms with Gasteiger partial charge in [-0.2, -0.15) is 0 Å². The molecule has 0 radical (unpaired) electrons. The van der Waals surface area contributed by atoms with E-state index in [0.717, 1.165) is 5.69 Å². The number of carbonyl (C=O) groups is 2. The lowest BCUT2D eigenvalue weighted by Gasteiger charge is -2.15. The van der Waals surface area contributed by atoms with Gasteiger partial charge in [0.05, 0.1) is 12.0 Å². The molecule has 0 spiro atoms. The molecule has 0 saturated heterocycles. The fraction of sp³-hybridized carbons (Fsp3) is 0.150. The molecule has 26 heavy (non-hydrogen) atoms. The van der Waals surface area contributed by atoms with Crippen LogP contribution in [-0.2, 0) is 0 Å². The number of Topliss-reactive ketones (excluding diaryl/α,β-unsaturated/α-hetero) is 1. The van der Waals surface area contributed by atoms with Crippen LogP contribution in [0.15, 0.2) is 55.0 Å². The van der Waals surface area contributed by atoms with Crippen LogP contribution < -0.4 is 5.73 Å². The predicted molar refractivity (Wildman–Crippen MR) is 96.0 cm³/mol. The van der Waals surface area contributed by atoms with E-state index < -0.39 is 17.6 Å². The van der Waals surface area contributed by atoms with Crippen LogP contribution in [0, 0.1) is 12.7 Å². The Balaban J connectivity index is 1.94. The maximum Gasteiger partial charge on any atom is 0.249 e. The topological polar surface area (TPSA) is 78.0 Å². The van der Waals surface area contributed by atoms with Crippen molar-refractivity contribution in [3.05, 3.63) is 83.2 Å². The number of halogens is 1. The van der Waals surface area contributed by atoms with Gasteiger partial charge in [-0.1, -0.05) is 31.2 Å². The zero-order chi connectivity index (χ0) is 18.8. The molecule has 2 N–H and O–H groups in total. The minimum absolute atomic E-state index is 0.135. The van der Waals surface area contributed by atoms with E-state index in [2.05, 4.69) is 4.98 Å². The molecule has 6 heteroatoms. The third kappa shape index (κ3) is 3.26. The first-order valence-electron chi connectivity index (χ1n) is 8.12. The Hall–Kier alpha value is -3.28. The van der Waals surface area contributed by atoms with Gasteiger partial charge in [-0.05, 0) is 30.7 Å². The van der Waals surface area contributed by atoms with Crippen molar-refractivity contribution in [1.82, 2.24) is 9.55 Å². The van der Waals surface area contributed by atoms with Crippen molar-refractivity contribution in [2.24, 2.45) is 5.73 Å². The van der Waals surface area contributed by atoms with Crippen LogP contribution in [0.5, 0.6) is 0 Å². The number of benzene rings is 2. The lowest BCUT2D eigenvalue weighted by atomic mass is 9.89. The molecule has 1 atom stereocenters. The van der Waals surface area contributed by atoms with E-state index >= 15 is 0 Å². The Morgan fingerprint density at radius 3 is 2.42 bits per heavy atom. The molecular formula is C20H18FN3O2. The van der Waals surface area contributed by atoms with E-state index in [0.29, 0.717) is 5.69 Å². The first-order chi connectivity index (χ1) is 12.4. The Labute approximate surface area is 150 Å². The molecule has 1 heterocycles. The maximum atomic E-state index is 14.7. The van der Waals surface area contributed by atoms with E-state index in [1.54, 1.807) is 48.3 Å². The molecule has 0 aliphatic heterocycles. The summed E-state index contributed by atoms with van der Waals surface area (Å²) in [6.07, 6.45) is 3.38. The largest absolute Gasteiger partial charge is 0.366 e. The average Bonchev–Trinajstić information content (AvgIpc) is 3.07. The van der Waals surface area contributed by atoms with Crippen molar-refractivity contribution >= 4 is 11.7 Å². The number of primary amides is 1. The minimum atomic E-state index is -0.755. The van der Waals surface area contributed by atoms with Crippen LogP contribution in [0.1, 0.15) is 44.8 Å². The van der Waals surface area contributed by atoms with Gasteiger partial charge in [0.2, 0.25) is 5.91 Å². The van der Waals surface area contributed by atoms with Gasteiger partial charge in [0, 0.05) is 28.9 Å². The zero-order valence-electron chi connectivity index (χ0n) is 14.4. The van der Waals surface area contributed by atoms with Gasteiger partial charge in [-0.25, -0.2) is 9.37 Å². The summed E-state index contributed by atoms with van der Waals surface area (Å²) in [5, 5.41) is 0. The molecule has 0 bridgehead atoms. The molecule has 1 amide bonds. The van der Waals surface area contributed by atoms with Gasteiger partial charge in [-0.15, -0.1) is 0 Å². The fourth-order valence-corrected chi connectivity index (χ4v) is 2.88. The Morgan fingerprint density at radius 2 is 1.85 bits per heavy atom. The third-order valence-corrected chi connectivity index (χ3v) is 4.31. The van der Waals surface area contributed by atoms with E-state index in [1.165, 1.54) is 18.2 Å². The number of aromatic nitrogens is 2. The van der Waals surface area contributed by atoms with Crippen LogP contribution >= 0.6 is 0 Å². The molecule has 0 aliphatic carbocycles. The lowest BCUT2D eigenvalue weighted by Crippen LogP contribution is -2.19. The summed E-state index contributed by atoms with van der Waals surface area (Å²) in [7, 11) is 0. The summed E-state index contributed by atoms with van der Waals surface area (Å²) in [4.78, 5) is 28.5. The monoisotopic (exact) mass is 351 g/mol. The Bertz CT molecular complexity index is 994. The second-order valence-corrected chi connectivity index (χ2v) is 6.12. The standard InChI is InChI=1S/C20H18FN3O2/c1-12-10-24(11-23-12)14-7-8-15(18(21)9-14)13(2)19(25)16-5-3-4-6-17(16)20(22)26/h3-11,13H,1-2H3,(H2,22,26). The predicted octanol–water partition coefficient (Wildman–Crippen LogP) is 3.41. The molecule has 1 unspecified atom stereocenters. The summed E-state index contributed by atoms with van der Waals surface area (Å²) in [5.74, 6) is -2.29. The minimum Gasteiger partial charge on any atom is -0.366 e. The second-order valence-electron chi connectivity index (χ2n) is 6.12. The SMILES string of the molecule is Cc1cn(-c2ccc(C(C)C(=O)c3ccccc3C(N)=O)c(F)c2)cn1. The Morgan fingerprint density at radius 1 is 1.15 bits per heavy atom. The van der Waals surface area contributed by atoms with Gasteiger partial charge < -0.3 is 10.3 Å². The van der Waals surface area contributed by atoms with Crippen LogP contribution in [-0.4, -0.2) is 21.2 Å². The van der Waals surface area contributed by atoms with Crippen molar-refractivity contribution in [1.29, 1.82) is 0 Å². The molecule has 132 valence electrons. The number of amides is 1. The van der Waals surface area contributed by atoms with Crippen molar-refractivity contribution in [2.75, 3.05) is 0 Å². The summed E-state index contributed by atoms with van der Waals surface area (Å²) < 4.78 is 16.4. The van der Waals surface area contributed by atoms with Gasteiger partial charge >= 0.3 is 0 Å². The number of hydrogen-bond donors (Lipinski definition) is 1. The normalized spacial score (nSPS) is 12.0. The zero-order valence-corrected chi connectivity index (χ0v) is 14.4. The van der Waals surface area contributed by atoms with Crippen molar-refractivity contribution in [2.45, 2.75) is 19.8 Å². The fourth-order valence-electron chi connectivity index (χ4n) is 2.88. The number of hydrogen-bond acceptors (Lipinski definition) is 3. The molecule has 5 nitrogen and oxygen atoms in total. The molecule has 0 fully saturated rings. The maximum absolute atomic E-state index is 14.7. The van der Waals surface area contributed by atoms with Crippen LogP contribution in [0.4, 0.5) is 4.39 Å². The summed E-state index contributed by atoms with van der Waals surface area (Å²) in [6, 6.07) is 11.0. The van der Waals surface area contributed by atoms with Crippen molar-refractivity contribution in [3.8, 4) is 5.69 Å². The molecule has 3 rings (SSSR count). The molecule has 3 aromatic rings. The van der Waals surface area contributed by atoms with Gasteiger partial charge in [0.15, 0.2) is 5.78 Å². The first kappa shape index (κ1) is 17.5. The first-order valence-corrected chi connectivity index (χ1v) is 8.12. The number of nitrogens with two attached hydrogens (primary N) is 1. The number of aryl methyl sites for hydroxylation is 1. The number of nitrogens with zero attached hydrogens (tertiary/aromatic N) is 2. The third-order valence-electron chi connectivity index (χ3n) is 4.31. The van der Waals surface area contributed by atoms with Gasteiger partial charge in [0.1, 0.15) is 5.82 Å². The molecular weight excluding hydrogens is 333 g/mol. The number of imidazole rings is 1. The summed E-state index contributed by atoms with van der Waals surface area (Å²) >= 11 is 0. The summed E-state index contributed by atoms with van der Waals surface area (Å²) in [5.41, 5.74) is 7.36. The highest BCUT2D eigenvalue weighted by atomic mass is 19.1. The van der Waals surface area contributed by atoms with Crippen LogP contribution in [0.2, 0.25) is 0 Å². The van der Waals surface area contributed by atoms with Crippen LogP contribution in [0.3, 0.4) is 0 Å². The highest BCUT2D eigenvalue weighted by Gasteiger charge is 2.24. The number of carbonyl (C=O) groups excluding carboxylic acids is 2. The number of ketones is 1. The lowest BCUT2D eigenvalue weighted by molar-refractivity contribution is 0.0945. The highest BCUT2D eigenvalue weighted by Crippen LogP contribution is 2.26.